The Morgan fingerprint density at radius 1 is 0.402 bits per heavy atom. The highest BCUT2D eigenvalue weighted by atomic mass is 35.5. The Balaban J connectivity index is 0.000000175. The van der Waals surface area contributed by atoms with Gasteiger partial charge in [0.05, 0.1) is 83.8 Å². The molecule has 0 bridgehead atoms. The van der Waals surface area contributed by atoms with Crippen molar-refractivity contribution >= 4 is 98.9 Å². The number of hydrogen-bond donors (Lipinski definition) is 2. The highest BCUT2D eigenvalue weighted by Crippen LogP contribution is 2.53. The van der Waals surface area contributed by atoms with Crippen molar-refractivity contribution in [2.75, 3.05) is 204 Å². The summed E-state index contributed by atoms with van der Waals surface area (Å²) in [5.41, 5.74) is 2.98. The molecule has 6 aliphatic rings. The number of anilines is 6. The van der Waals surface area contributed by atoms with Gasteiger partial charge in [-0.25, -0.2) is 14.4 Å². The second kappa shape index (κ2) is 42.0. The van der Waals surface area contributed by atoms with Gasteiger partial charge in [-0.15, -0.1) is 11.6 Å². The average Bonchev–Trinajstić information content (AvgIpc) is 0.779. The summed E-state index contributed by atoms with van der Waals surface area (Å²) < 4.78 is 145. The van der Waals surface area contributed by atoms with E-state index < -0.39 is 41.2 Å². The zero-order valence-electron chi connectivity index (χ0n) is 60.0. The number of carboxylic acids is 1. The molecule has 0 spiro atoms. The van der Waals surface area contributed by atoms with Crippen LogP contribution in [0.3, 0.4) is 0 Å². The highest BCUT2D eigenvalue weighted by molar-refractivity contribution is 8.00. The lowest BCUT2D eigenvalue weighted by atomic mass is 10.1. The third-order valence-electron chi connectivity index (χ3n) is 18.2. The summed E-state index contributed by atoms with van der Waals surface area (Å²) in [5, 5.41) is 12.0. The number of esters is 2. The summed E-state index contributed by atoms with van der Waals surface area (Å²) in [7, 11) is 0. The number of hydrogen-bond acceptors (Lipinski definition) is 20. The quantitative estimate of drug-likeness (QED) is 0.0207. The lowest BCUT2D eigenvalue weighted by Crippen LogP contribution is -2.47. The minimum Gasteiger partial charge on any atom is -0.480 e. The molecule has 0 aliphatic carbocycles. The molecule has 0 radical (unpaired) electrons. The summed E-state index contributed by atoms with van der Waals surface area (Å²) >= 11 is 9.85. The van der Waals surface area contributed by atoms with Gasteiger partial charge in [0, 0.05) is 147 Å². The summed E-state index contributed by atoms with van der Waals surface area (Å²) in [6.45, 7) is 22.8. The second-order valence-corrected chi connectivity index (χ2v) is 29.2. The van der Waals surface area contributed by atoms with Crippen LogP contribution in [-0.4, -0.2) is 237 Å². The number of carboxylic acid groups (broad SMARTS) is 1. The minimum atomic E-state index is -4.37. The van der Waals surface area contributed by atoms with Crippen molar-refractivity contribution in [2.24, 2.45) is 0 Å². The van der Waals surface area contributed by atoms with Crippen LogP contribution in [0, 0.1) is 0 Å². The van der Waals surface area contributed by atoms with Crippen LogP contribution in [0.25, 0.3) is 0 Å². The number of halogens is 10. The smallest absolute Gasteiger partial charge is 0.416 e. The fourth-order valence-corrected chi connectivity index (χ4v) is 16.2. The number of fused-ring (bicyclic) bond motifs is 6. The SMILES string of the molecule is CCOC(=O)COCCCl.CCOC(=O)COCCN1CCN(CCCN2c3ccccc3Sc3ccc(C(F)(F)F)cc32)CC1.FC(F)(F)c1ccc2c(c1)N(CCCN1CCNCC1)c1ccccc1S2.O=C(O)COCCN1CCN(CCCN2c3ccccc3Sc3ccc(C(F)(F)F)cc32)CC1. The zero-order valence-corrected chi connectivity index (χ0v) is 63.3. The van der Waals surface area contributed by atoms with Crippen molar-refractivity contribution in [2.45, 2.75) is 81.0 Å². The Morgan fingerprint density at radius 2 is 0.701 bits per heavy atom. The van der Waals surface area contributed by atoms with Gasteiger partial charge in [0.25, 0.3) is 0 Å². The maximum Gasteiger partial charge on any atom is 0.416 e. The third-order valence-corrected chi connectivity index (χ3v) is 21.7. The molecule has 3 saturated heterocycles. The Morgan fingerprint density at radius 3 is 1.02 bits per heavy atom. The van der Waals surface area contributed by atoms with Gasteiger partial charge in [-0.05, 0) is 144 Å². The summed E-state index contributed by atoms with van der Waals surface area (Å²) in [5.74, 6) is -1.24. The van der Waals surface area contributed by atoms with E-state index in [1.54, 1.807) is 32.0 Å². The fourth-order valence-electron chi connectivity index (χ4n) is 12.8. The molecule has 6 aromatic rings. The average molecular weight is 1580 g/mol. The first-order valence-electron chi connectivity index (χ1n) is 35.9. The van der Waals surface area contributed by atoms with E-state index in [0.717, 1.165) is 176 Å². The number of ether oxygens (including phenoxy) is 5. The molecule has 12 rings (SSSR count). The lowest BCUT2D eigenvalue weighted by Gasteiger charge is -2.36. The molecule has 0 amide bonds. The van der Waals surface area contributed by atoms with E-state index in [0.29, 0.717) is 82.2 Å². The van der Waals surface area contributed by atoms with Gasteiger partial charge < -0.3 is 63.5 Å². The van der Waals surface area contributed by atoms with Crippen molar-refractivity contribution in [3.05, 3.63) is 144 Å². The van der Waals surface area contributed by atoms with Crippen LogP contribution < -0.4 is 20.0 Å². The molecule has 6 heterocycles. The predicted octanol–water partition coefficient (Wildman–Crippen LogP) is 14.7. The fraction of sp³-hybridized carbons (Fsp3) is 0.487. The van der Waals surface area contributed by atoms with Crippen molar-refractivity contribution in [3.8, 4) is 0 Å². The Bertz CT molecular complexity index is 3800. The standard InChI is InChI=1S/C26H32F3N3O3S.C24H28F3N3O3S.C20H22F3N3S.C6H11ClO3/c1-2-35-25(33)19-34-17-16-31-14-12-30(13-15-31)10-5-11-32-21-6-3-4-7-23(21)36-24-9-8-20(18-22(24)32)26(27,28)29;25-24(26,27)18-6-7-22-20(16-18)30(19-4-1-2-5-21(19)34-22)9-3-8-28-10-12-29(13-11-28)14-15-33-17-23(31)32;21-20(22,23)15-6-7-19-17(14-15)26(16-4-1-2-5-18(16)27-19)11-3-10-25-12-8-24-9-13-25;1-2-10-6(8)5-9-4-3-7/h3-4,6-9,18H,2,5,10-17,19H2,1H3;1-2,4-7,16H,3,8-15,17H2,(H,31,32);1-2,4-7,14,24H,3,8-13H2;2-5H2,1H3. The Labute approximate surface area is 637 Å². The first-order valence-corrected chi connectivity index (χ1v) is 38.9. The van der Waals surface area contributed by atoms with E-state index in [1.165, 1.54) is 65.6 Å². The molecule has 2 N–H and O–H groups in total. The molecule has 0 unspecified atom stereocenters. The maximum absolute atomic E-state index is 13.4. The van der Waals surface area contributed by atoms with Crippen molar-refractivity contribution < 1.29 is 82.7 Å². The normalized spacial score (nSPS) is 16.2. The zero-order chi connectivity index (χ0) is 76.4. The maximum atomic E-state index is 13.4. The molecule has 6 aromatic carbocycles. The van der Waals surface area contributed by atoms with Gasteiger partial charge in [0.2, 0.25) is 0 Å². The Kier molecular flexibility index (Phi) is 33.2. The van der Waals surface area contributed by atoms with E-state index >= 15 is 0 Å². The molecular formula is C76H93ClF9N9O9S3. The number of nitrogens with zero attached hydrogens (tertiary/aromatic N) is 8. The van der Waals surface area contributed by atoms with Gasteiger partial charge in [0.15, 0.2) is 0 Å². The molecule has 31 heteroatoms. The molecule has 0 saturated carbocycles. The van der Waals surface area contributed by atoms with Crippen LogP contribution in [0.15, 0.2) is 157 Å². The number of nitrogens with one attached hydrogen (secondary N) is 1. The van der Waals surface area contributed by atoms with Crippen LogP contribution in [0.2, 0.25) is 0 Å². The third kappa shape index (κ3) is 26.1. The molecule has 3 fully saturated rings. The summed E-state index contributed by atoms with van der Waals surface area (Å²) in [6.07, 6.45) is -10.5. The van der Waals surface area contributed by atoms with Crippen LogP contribution >= 0.6 is 46.9 Å². The van der Waals surface area contributed by atoms with E-state index in [4.69, 9.17) is 35.7 Å². The van der Waals surface area contributed by atoms with Crippen molar-refractivity contribution in [3.63, 3.8) is 0 Å². The molecule has 18 nitrogen and oxygen atoms in total. The number of para-hydroxylation sites is 3. The summed E-state index contributed by atoms with van der Waals surface area (Å²) in [4.78, 5) is 56.0. The predicted molar refractivity (Wildman–Crippen MR) is 400 cm³/mol. The van der Waals surface area contributed by atoms with Crippen LogP contribution in [0.1, 0.15) is 49.8 Å². The number of aliphatic carboxylic acids is 1. The minimum absolute atomic E-state index is 0.000556. The number of alkyl halides is 10. The second-order valence-electron chi connectivity index (χ2n) is 25.6. The monoisotopic (exact) mass is 1580 g/mol. The first-order chi connectivity index (χ1) is 51.5. The van der Waals surface area contributed by atoms with E-state index in [1.807, 2.05) is 82.6 Å². The first kappa shape index (κ1) is 84.5. The largest absolute Gasteiger partial charge is 0.480 e. The number of carbonyl (C=O) groups is 3. The number of rotatable bonds is 28. The van der Waals surface area contributed by atoms with Crippen LogP contribution in [-0.2, 0) is 56.6 Å². The van der Waals surface area contributed by atoms with E-state index in [-0.39, 0.29) is 31.8 Å². The number of piperazine rings is 3. The van der Waals surface area contributed by atoms with E-state index in [2.05, 4.69) is 39.5 Å². The molecule has 107 heavy (non-hydrogen) atoms. The number of carbonyl (C=O) groups excluding carboxylic acids is 2. The topological polar surface area (TPSA) is 156 Å². The summed E-state index contributed by atoms with van der Waals surface area (Å²) in [6, 6.07) is 35.8. The number of benzene rings is 6. The van der Waals surface area contributed by atoms with Crippen molar-refractivity contribution in [1.82, 2.24) is 29.8 Å². The van der Waals surface area contributed by atoms with Gasteiger partial charge in [-0.1, -0.05) is 71.7 Å². The Hall–Kier alpha value is -6.52. The highest BCUT2D eigenvalue weighted by Gasteiger charge is 2.37. The van der Waals surface area contributed by atoms with Crippen molar-refractivity contribution in [1.29, 1.82) is 0 Å². The molecule has 6 aliphatic heterocycles. The van der Waals surface area contributed by atoms with Crippen LogP contribution in [0.4, 0.5) is 73.6 Å². The molecule has 0 aromatic heterocycles. The molecular weight excluding hydrogens is 1490 g/mol. The molecule has 584 valence electrons. The van der Waals surface area contributed by atoms with E-state index in [9.17, 15) is 53.9 Å². The molecule has 0 atom stereocenters. The van der Waals surface area contributed by atoms with Crippen LogP contribution in [0.5, 0.6) is 0 Å². The lowest BCUT2D eigenvalue weighted by molar-refractivity contribution is -0.149. The van der Waals surface area contributed by atoms with Gasteiger partial charge in [-0.2, -0.15) is 39.5 Å². The van der Waals surface area contributed by atoms with Gasteiger partial charge in [0.1, 0.15) is 19.8 Å². The van der Waals surface area contributed by atoms with Gasteiger partial charge in [-0.3, -0.25) is 9.80 Å². The van der Waals surface area contributed by atoms with Gasteiger partial charge >= 0.3 is 36.4 Å².